The molecule has 0 saturated carbocycles. The topological polar surface area (TPSA) is 59.1 Å². The summed E-state index contributed by atoms with van der Waals surface area (Å²) in [6.45, 7) is 0.204. The van der Waals surface area contributed by atoms with E-state index >= 15 is 0 Å². The van der Waals surface area contributed by atoms with E-state index in [1.807, 2.05) is 0 Å². The molecule has 0 bridgehead atoms. The first kappa shape index (κ1) is 13.0. The molecule has 94 valence electrons. The van der Waals surface area contributed by atoms with Gasteiger partial charge in [0.15, 0.2) is 0 Å². The molecule has 0 unspecified atom stereocenters. The van der Waals surface area contributed by atoms with Crippen LogP contribution < -0.4 is 4.72 Å². The van der Waals surface area contributed by atoms with Crippen molar-refractivity contribution >= 4 is 21.6 Å². The monoisotopic (exact) mass is 282 g/mol. The van der Waals surface area contributed by atoms with Crippen LogP contribution in [0.4, 0.5) is 0 Å². The summed E-state index contributed by atoms with van der Waals surface area (Å²) in [5.74, 6) is 0. The molecule has 1 heterocycles. The zero-order valence-corrected chi connectivity index (χ0v) is 10.9. The number of rotatable bonds is 4. The number of aromatic nitrogens is 1. The van der Waals surface area contributed by atoms with Crippen molar-refractivity contribution in [3.05, 3.63) is 59.4 Å². The fraction of sp³-hybridized carbons (Fsp3) is 0.0833. The standard InChI is InChI=1S/C12H11ClN2O2S/c13-11-3-1-2-4-12(11)18(16,17)15-9-10-5-7-14-8-6-10/h1-8,15H,9H2. The van der Waals surface area contributed by atoms with Gasteiger partial charge in [-0.25, -0.2) is 13.1 Å². The molecule has 0 aliphatic rings. The number of nitrogens with zero attached hydrogens (tertiary/aromatic N) is 1. The molecule has 0 aliphatic heterocycles. The lowest BCUT2D eigenvalue weighted by Gasteiger charge is -2.07. The average molecular weight is 283 g/mol. The summed E-state index contributed by atoms with van der Waals surface area (Å²) in [6.07, 6.45) is 3.22. The highest BCUT2D eigenvalue weighted by Crippen LogP contribution is 2.20. The quantitative estimate of drug-likeness (QED) is 0.935. The Morgan fingerprint density at radius 1 is 1.11 bits per heavy atom. The molecule has 0 aliphatic carbocycles. The second kappa shape index (κ2) is 5.48. The Labute approximate surface area is 111 Å². The van der Waals surface area contributed by atoms with E-state index in [1.54, 1.807) is 42.7 Å². The van der Waals surface area contributed by atoms with Crippen molar-refractivity contribution in [3.8, 4) is 0 Å². The maximum atomic E-state index is 12.0. The number of sulfonamides is 1. The molecule has 2 rings (SSSR count). The van der Waals surface area contributed by atoms with Gasteiger partial charge in [0.25, 0.3) is 0 Å². The van der Waals surface area contributed by atoms with Gasteiger partial charge in [0, 0.05) is 18.9 Å². The third kappa shape index (κ3) is 3.07. The lowest BCUT2D eigenvalue weighted by Crippen LogP contribution is -2.23. The summed E-state index contributed by atoms with van der Waals surface area (Å²) in [5.41, 5.74) is 0.834. The molecule has 1 N–H and O–H groups in total. The second-order valence-electron chi connectivity index (χ2n) is 3.61. The van der Waals surface area contributed by atoms with E-state index in [1.165, 1.54) is 6.07 Å². The van der Waals surface area contributed by atoms with E-state index in [9.17, 15) is 8.42 Å². The third-order valence-corrected chi connectivity index (χ3v) is 4.24. The molecule has 2 aromatic rings. The van der Waals surface area contributed by atoms with Crippen LogP contribution in [0.25, 0.3) is 0 Å². The molecule has 4 nitrogen and oxygen atoms in total. The minimum atomic E-state index is -3.59. The number of nitrogens with one attached hydrogen (secondary N) is 1. The summed E-state index contributed by atoms with van der Waals surface area (Å²) in [6, 6.07) is 9.82. The molecule has 1 aromatic carbocycles. The third-order valence-electron chi connectivity index (χ3n) is 2.34. The van der Waals surface area contributed by atoms with E-state index < -0.39 is 10.0 Å². The van der Waals surface area contributed by atoms with Crippen molar-refractivity contribution < 1.29 is 8.42 Å². The highest BCUT2D eigenvalue weighted by Gasteiger charge is 2.16. The van der Waals surface area contributed by atoms with Crippen LogP contribution in [0, 0.1) is 0 Å². The van der Waals surface area contributed by atoms with E-state index in [4.69, 9.17) is 11.6 Å². The highest BCUT2D eigenvalue weighted by atomic mass is 35.5. The maximum Gasteiger partial charge on any atom is 0.242 e. The zero-order valence-electron chi connectivity index (χ0n) is 9.38. The van der Waals surface area contributed by atoms with Gasteiger partial charge in [-0.1, -0.05) is 23.7 Å². The van der Waals surface area contributed by atoms with E-state index in [2.05, 4.69) is 9.71 Å². The normalized spacial score (nSPS) is 11.4. The van der Waals surface area contributed by atoms with Gasteiger partial charge < -0.3 is 0 Å². The predicted octanol–water partition coefficient (Wildman–Crippen LogP) is 2.21. The molecule has 0 saturated heterocycles. The van der Waals surface area contributed by atoms with Gasteiger partial charge in [-0.3, -0.25) is 4.98 Å². The lowest BCUT2D eigenvalue weighted by atomic mass is 10.3. The SMILES string of the molecule is O=S(=O)(NCc1ccncc1)c1ccccc1Cl. The largest absolute Gasteiger partial charge is 0.265 e. The molecular formula is C12H11ClN2O2S. The van der Waals surface area contributed by atoms with Gasteiger partial charge in [0.1, 0.15) is 4.90 Å². The first-order valence-electron chi connectivity index (χ1n) is 5.23. The van der Waals surface area contributed by atoms with Crippen molar-refractivity contribution in [1.29, 1.82) is 0 Å². The van der Waals surface area contributed by atoms with Crippen LogP contribution in [0.3, 0.4) is 0 Å². The fourth-order valence-electron chi connectivity index (χ4n) is 1.42. The Balaban J connectivity index is 2.16. The van der Waals surface area contributed by atoms with E-state index in [-0.39, 0.29) is 16.5 Å². The van der Waals surface area contributed by atoms with Gasteiger partial charge in [0.05, 0.1) is 5.02 Å². The number of hydrogen-bond acceptors (Lipinski definition) is 3. The molecular weight excluding hydrogens is 272 g/mol. The van der Waals surface area contributed by atoms with Crippen molar-refractivity contribution in [2.45, 2.75) is 11.4 Å². The average Bonchev–Trinajstić information content (AvgIpc) is 2.38. The number of hydrogen-bond donors (Lipinski definition) is 1. The van der Waals surface area contributed by atoms with Crippen LogP contribution in [0.15, 0.2) is 53.7 Å². The zero-order chi connectivity index (χ0) is 13.0. The van der Waals surface area contributed by atoms with E-state index in [0.29, 0.717) is 0 Å². The maximum absolute atomic E-state index is 12.0. The molecule has 0 radical (unpaired) electrons. The van der Waals surface area contributed by atoms with Gasteiger partial charge in [-0.15, -0.1) is 0 Å². The smallest absolute Gasteiger partial charge is 0.242 e. The molecule has 0 atom stereocenters. The molecule has 1 aromatic heterocycles. The second-order valence-corrected chi connectivity index (χ2v) is 5.75. The molecule has 18 heavy (non-hydrogen) atoms. The molecule has 0 amide bonds. The van der Waals surface area contributed by atoms with Crippen molar-refractivity contribution in [2.75, 3.05) is 0 Å². The van der Waals surface area contributed by atoms with Crippen molar-refractivity contribution in [1.82, 2.24) is 9.71 Å². The predicted molar refractivity (Wildman–Crippen MR) is 69.7 cm³/mol. The van der Waals surface area contributed by atoms with Crippen LogP contribution in [0.5, 0.6) is 0 Å². The fourth-order valence-corrected chi connectivity index (χ4v) is 2.95. The van der Waals surface area contributed by atoms with Crippen LogP contribution in [0.2, 0.25) is 5.02 Å². The first-order valence-corrected chi connectivity index (χ1v) is 7.09. The molecule has 0 fully saturated rings. The Bertz CT molecular complexity index is 630. The number of pyridine rings is 1. The molecule has 0 spiro atoms. The summed E-state index contributed by atoms with van der Waals surface area (Å²) < 4.78 is 26.5. The Morgan fingerprint density at radius 2 is 1.78 bits per heavy atom. The summed E-state index contributed by atoms with van der Waals surface area (Å²) in [5, 5.41) is 0.208. The van der Waals surface area contributed by atoms with Gasteiger partial charge >= 0.3 is 0 Å². The van der Waals surface area contributed by atoms with Gasteiger partial charge in [-0.2, -0.15) is 0 Å². The van der Waals surface area contributed by atoms with Crippen molar-refractivity contribution in [3.63, 3.8) is 0 Å². The van der Waals surface area contributed by atoms with Gasteiger partial charge in [0.2, 0.25) is 10.0 Å². The first-order chi connectivity index (χ1) is 8.59. The molecule has 6 heteroatoms. The highest BCUT2D eigenvalue weighted by molar-refractivity contribution is 7.89. The minimum absolute atomic E-state index is 0.0840. The van der Waals surface area contributed by atoms with Crippen molar-refractivity contribution in [2.24, 2.45) is 0 Å². The van der Waals surface area contributed by atoms with Crippen LogP contribution in [0.1, 0.15) is 5.56 Å². The Hall–Kier alpha value is -1.43. The number of benzene rings is 1. The lowest BCUT2D eigenvalue weighted by molar-refractivity contribution is 0.581. The minimum Gasteiger partial charge on any atom is -0.265 e. The van der Waals surface area contributed by atoms with Crippen LogP contribution in [-0.4, -0.2) is 13.4 Å². The summed E-state index contributed by atoms with van der Waals surface area (Å²) in [4.78, 5) is 3.95. The Morgan fingerprint density at radius 3 is 2.44 bits per heavy atom. The van der Waals surface area contributed by atoms with E-state index in [0.717, 1.165) is 5.56 Å². The summed E-state index contributed by atoms with van der Waals surface area (Å²) >= 11 is 5.86. The number of halogens is 1. The van der Waals surface area contributed by atoms with Gasteiger partial charge in [-0.05, 0) is 29.8 Å². The van der Waals surface area contributed by atoms with Crippen LogP contribution >= 0.6 is 11.6 Å². The van der Waals surface area contributed by atoms with Crippen LogP contribution in [-0.2, 0) is 16.6 Å². The Kier molecular flexibility index (Phi) is 3.96. The summed E-state index contributed by atoms with van der Waals surface area (Å²) in [7, 11) is -3.59.